The lowest BCUT2D eigenvalue weighted by molar-refractivity contribution is 0.0928. The van der Waals surface area contributed by atoms with Gasteiger partial charge in [-0.15, -0.1) is 10.2 Å². The molecule has 0 fully saturated rings. The Balaban J connectivity index is 2.06. The first-order valence-electron chi connectivity index (χ1n) is 6.00. The van der Waals surface area contributed by atoms with E-state index < -0.39 is 0 Å². The lowest BCUT2D eigenvalue weighted by atomic mass is 10.2. The Morgan fingerprint density at radius 1 is 1.21 bits per heavy atom. The lowest BCUT2D eigenvalue weighted by Gasteiger charge is -2.08. The summed E-state index contributed by atoms with van der Waals surface area (Å²) in [6.45, 7) is 7.39. The predicted molar refractivity (Wildman–Crippen MR) is 65.4 cm³/mol. The van der Waals surface area contributed by atoms with Crippen LogP contribution in [0.5, 0.6) is 0 Å². The van der Waals surface area contributed by atoms with Gasteiger partial charge in [0.05, 0.1) is 5.69 Å². The summed E-state index contributed by atoms with van der Waals surface area (Å²) < 4.78 is 5.47. The third-order valence-corrected chi connectivity index (χ3v) is 2.61. The van der Waals surface area contributed by atoms with Gasteiger partial charge in [-0.1, -0.05) is 13.8 Å². The van der Waals surface area contributed by atoms with Crippen molar-refractivity contribution >= 4 is 5.91 Å². The van der Waals surface area contributed by atoms with Crippen LogP contribution in [0.1, 0.15) is 60.7 Å². The van der Waals surface area contributed by atoms with Crippen LogP contribution < -0.4 is 5.32 Å². The number of aryl methyl sites for hydroxylation is 1. The topological polar surface area (TPSA) is 110 Å². The molecule has 19 heavy (non-hydrogen) atoms. The van der Waals surface area contributed by atoms with Gasteiger partial charge in [-0.25, -0.2) is 0 Å². The van der Waals surface area contributed by atoms with Gasteiger partial charge >= 0.3 is 0 Å². The van der Waals surface area contributed by atoms with Gasteiger partial charge in [0.1, 0.15) is 6.04 Å². The largest absolute Gasteiger partial charge is 0.423 e. The van der Waals surface area contributed by atoms with Crippen LogP contribution in [0.4, 0.5) is 0 Å². The van der Waals surface area contributed by atoms with Gasteiger partial charge in [-0.05, 0) is 13.8 Å². The van der Waals surface area contributed by atoms with Crippen molar-refractivity contribution < 1.29 is 9.21 Å². The molecule has 2 aromatic rings. The number of H-pyrrole nitrogens is 1. The van der Waals surface area contributed by atoms with E-state index in [1.807, 2.05) is 13.8 Å². The minimum Gasteiger partial charge on any atom is -0.423 e. The first-order chi connectivity index (χ1) is 8.99. The molecule has 0 aliphatic carbocycles. The van der Waals surface area contributed by atoms with Crippen LogP contribution in [0.2, 0.25) is 0 Å². The fraction of sp³-hybridized carbons (Fsp3) is 0.545. The standard InChI is InChI=1S/C11H16N6O2/c1-5(2)10-15-16-11(19-10)7(4)12-9(18)8-6(3)13-17-14-8/h5,7H,1-4H3,(H,12,18)(H,13,14,17)/t7-/m0/s1. The maximum absolute atomic E-state index is 11.9. The summed E-state index contributed by atoms with van der Waals surface area (Å²) in [5.41, 5.74) is 0.800. The summed E-state index contributed by atoms with van der Waals surface area (Å²) in [4.78, 5) is 11.9. The minimum atomic E-state index is -0.386. The summed E-state index contributed by atoms with van der Waals surface area (Å²) in [5.74, 6) is 0.747. The second-order valence-corrected chi connectivity index (χ2v) is 4.59. The van der Waals surface area contributed by atoms with Gasteiger partial charge in [0, 0.05) is 5.92 Å². The second kappa shape index (κ2) is 5.17. The van der Waals surface area contributed by atoms with Crippen molar-refractivity contribution in [2.75, 3.05) is 0 Å². The Labute approximate surface area is 110 Å². The summed E-state index contributed by atoms with van der Waals surface area (Å²) in [6.07, 6.45) is 0. The van der Waals surface area contributed by atoms with Gasteiger partial charge in [-0.2, -0.15) is 15.4 Å². The molecule has 0 spiro atoms. The summed E-state index contributed by atoms with van der Waals surface area (Å²) in [7, 11) is 0. The van der Waals surface area contributed by atoms with Gasteiger partial charge in [0.15, 0.2) is 5.69 Å². The molecule has 8 heteroatoms. The first kappa shape index (κ1) is 13.2. The zero-order chi connectivity index (χ0) is 14.0. The molecule has 1 amide bonds. The molecular weight excluding hydrogens is 248 g/mol. The van der Waals surface area contributed by atoms with E-state index >= 15 is 0 Å². The number of carbonyl (C=O) groups is 1. The number of nitrogens with one attached hydrogen (secondary N) is 2. The quantitative estimate of drug-likeness (QED) is 0.856. The number of hydrogen-bond donors (Lipinski definition) is 2. The lowest BCUT2D eigenvalue weighted by Crippen LogP contribution is -2.27. The third-order valence-electron chi connectivity index (χ3n) is 2.61. The molecule has 0 saturated carbocycles. The Kier molecular flexibility index (Phi) is 3.59. The SMILES string of the molecule is Cc1n[nH]nc1C(=O)N[C@@H](C)c1nnc(C(C)C)o1. The molecule has 2 rings (SSSR count). The Morgan fingerprint density at radius 3 is 2.42 bits per heavy atom. The average molecular weight is 264 g/mol. The number of amides is 1. The van der Waals surface area contributed by atoms with Gasteiger partial charge in [0.25, 0.3) is 5.91 Å². The second-order valence-electron chi connectivity index (χ2n) is 4.59. The number of nitrogens with zero attached hydrogens (tertiary/aromatic N) is 4. The summed E-state index contributed by atoms with van der Waals surface area (Å²) in [6, 6.07) is -0.386. The normalized spacial score (nSPS) is 12.7. The number of rotatable bonds is 4. The van der Waals surface area contributed by atoms with E-state index in [0.717, 1.165) is 0 Å². The Bertz CT molecular complexity index is 573. The molecule has 2 heterocycles. The predicted octanol–water partition coefficient (Wildman–Crippen LogP) is 1.11. The summed E-state index contributed by atoms with van der Waals surface area (Å²) >= 11 is 0. The van der Waals surface area contributed by atoms with Gasteiger partial charge in [0.2, 0.25) is 11.8 Å². The number of aromatic amines is 1. The van der Waals surface area contributed by atoms with Crippen LogP contribution in [0.25, 0.3) is 0 Å². The first-order valence-corrected chi connectivity index (χ1v) is 6.00. The third kappa shape index (κ3) is 2.78. The molecule has 2 N–H and O–H groups in total. The minimum absolute atomic E-state index is 0.155. The van der Waals surface area contributed by atoms with E-state index in [1.54, 1.807) is 13.8 Å². The van der Waals surface area contributed by atoms with Crippen molar-refractivity contribution in [2.45, 2.75) is 39.7 Å². The molecule has 2 aromatic heterocycles. The fourth-order valence-electron chi connectivity index (χ4n) is 1.48. The smallest absolute Gasteiger partial charge is 0.274 e. The zero-order valence-corrected chi connectivity index (χ0v) is 11.3. The monoisotopic (exact) mass is 264 g/mol. The molecule has 0 bridgehead atoms. The molecule has 8 nitrogen and oxygen atoms in total. The van der Waals surface area contributed by atoms with Crippen molar-refractivity contribution in [3.8, 4) is 0 Å². The van der Waals surface area contributed by atoms with Gasteiger partial charge in [-0.3, -0.25) is 4.79 Å². The maximum atomic E-state index is 11.9. The van der Waals surface area contributed by atoms with Crippen LogP contribution in [-0.4, -0.2) is 31.5 Å². The van der Waals surface area contributed by atoms with Crippen molar-refractivity contribution in [1.82, 2.24) is 30.9 Å². The molecule has 0 aromatic carbocycles. The van der Waals surface area contributed by atoms with Crippen LogP contribution in [0.3, 0.4) is 0 Å². The number of hydrogen-bond acceptors (Lipinski definition) is 6. The highest BCUT2D eigenvalue weighted by molar-refractivity contribution is 5.93. The Hall–Kier alpha value is -2.25. The van der Waals surface area contributed by atoms with E-state index in [1.165, 1.54) is 0 Å². The van der Waals surface area contributed by atoms with E-state index in [9.17, 15) is 4.79 Å². The van der Waals surface area contributed by atoms with Crippen molar-refractivity contribution in [3.05, 3.63) is 23.2 Å². The van der Waals surface area contributed by atoms with Crippen LogP contribution in [0.15, 0.2) is 4.42 Å². The molecule has 1 atom stereocenters. The number of aromatic nitrogens is 5. The van der Waals surface area contributed by atoms with Crippen molar-refractivity contribution in [3.63, 3.8) is 0 Å². The highest BCUT2D eigenvalue weighted by atomic mass is 16.4. The van der Waals surface area contributed by atoms with Crippen LogP contribution in [-0.2, 0) is 0 Å². The average Bonchev–Trinajstić information content (AvgIpc) is 2.96. The highest BCUT2D eigenvalue weighted by Gasteiger charge is 2.20. The fourth-order valence-corrected chi connectivity index (χ4v) is 1.48. The van der Waals surface area contributed by atoms with E-state index in [2.05, 4.69) is 30.9 Å². The zero-order valence-electron chi connectivity index (χ0n) is 11.3. The molecule has 0 aliphatic rings. The molecule has 102 valence electrons. The van der Waals surface area contributed by atoms with Gasteiger partial charge < -0.3 is 9.73 Å². The molecule has 0 aliphatic heterocycles. The highest BCUT2D eigenvalue weighted by Crippen LogP contribution is 2.17. The van der Waals surface area contributed by atoms with Crippen LogP contribution in [0, 0.1) is 6.92 Å². The van der Waals surface area contributed by atoms with E-state index in [0.29, 0.717) is 17.5 Å². The van der Waals surface area contributed by atoms with E-state index in [-0.39, 0.29) is 23.6 Å². The maximum Gasteiger partial charge on any atom is 0.274 e. The molecule has 0 radical (unpaired) electrons. The van der Waals surface area contributed by atoms with Crippen LogP contribution >= 0.6 is 0 Å². The molecule has 0 unspecified atom stereocenters. The summed E-state index contributed by atoms with van der Waals surface area (Å²) in [5, 5.41) is 20.6. The van der Waals surface area contributed by atoms with E-state index in [4.69, 9.17) is 4.42 Å². The molecular formula is C11H16N6O2. The van der Waals surface area contributed by atoms with Crippen molar-refractivity contribution in [1.29, 1.82) is 0 Å². The molecule has 0 saturated heterocycles. The number of carbonyl (C=O) groups excluding carboxylic acids is 1. The Morgan fingerprint density at radius 2 is 1.89 bits per heavy atom. The van der Waals surface area contributed by atoms with Crippen molar-refractivity contribution in [2.24, 2.45) is 0 Å².